The van der Waals surface area contributed by atoms with E-state index in [1.54, 1.807) is 6.07 Å². The molecule has 0 aliphatic carbocycles. The highest BCUT2D eigenvalue weighted by atomic mass is 16.5. The molecule has 28 heavy (non-hydrogen) atoms. The molecule has 0 atom stereocenters. The average Bonchev–Trinajstić information content (AvgIpc) is 3.14. The summed E-state index contributed by atoms with van der Waals surface area (Å²) in [6, 6.07) is 18.9. The van der Waals surface area contributed by atoms with Gasteiger partial charge in [-0.1, -0.05) is 42.5 Å². The van der Waals surface area contributed by atoms with Crippen molar-refractivity contribution in [3.8, 4) is 5.75 Å². The number of carbonyl (C=O) groups excluding carboxylic acids is 2. The van der Waals surface area contributed by atoms with E-state index < -0.39 is 0 Å². The zero-order valence-corrected chi connectivity index (χ0v) is 15.1. The zero-order valence-electron chi connectivity index (χ0n) is 15.1. The number of rotatable bonds is 7. The van der Waals surface area contributed by atoms with Crippen LogP contribution in [0.25, 0.3) is 21.8 Å². The van der Waals surface area contributed by atoms with Crippen molar-refractivity contribution in [1.82, 2.24) is 15.3 Å². The quantitative estimate of drug-likeness (QED) is 0.487. The minimum atomic E-state index is -0.249. The topological polar surface area (TPSA) is 84.1 Å². The zero-order chi connectivity index (χ0) is 19.3. The highest BCUT2D eigenvalue weighted by Crippen LogP contribution is 2.26. The molecule has 1 amide bonds. The second kappa shape index (κ2) is 7.92. The second-order valence-corrected chi connectivity index (χ2v) is 6.41. The Morgan fingerprint density at radius 1 is 1.07 bits per heavy atom. The van der Waals surface area contributed by atoms with Crippen LogP contribution < -0.4 is 10.1 Å². The number of H-pyrrole nitrogens is 1. The van der Waals surface area contributed by atoms with Gasteiger partial charge in [0, 0.05) is 13.0 Å². The summed E-state index contributed by atoms with van der Waals surface area (Å²) in [6.45, 7) is 0.291. The standard InChI is InChI=1S/C22H19N3O3/c26-13-17-16-6-2-1-5-15(16)9-10-20(17)28-14-22(27)23-12-11-21-24-18-7-3-4-8-19(18)25-21/h1-10,13H,11-12,14H2,(H,23,27)(H,24,25). The van der Waals surface area contributed by atoms with Crippen molar-refractivity contribution in [2.75, 3.05) is 13.2 Å². The Labute approximate surface area is 161 Å². The minimum Gasteiger partial charge on any atom is -0.483 e. The Kier molecular flexibility index (Phi) is 5.01. The van der Waals surface area contributed by atoms with Crippen molar-refractivity contribution >= 4 is 34.0 Å². The van der Waals surface area contributed by atoms with Gasteiger partial charge in [-0.15, -0.1) is 0 Å². The molecule has 140 valence electrons. The monoisotopic (exact) mass is 373 g/mol. The molecular formula is C22H19N3O3. The number of ether oxygens (including phenoxy) is 1. The van der Waals surface area contributed by atoms with Gasteiger partial charge in [-0.05, 0) is 29.0 Å². The molecule has 0 aliphatic rings. The van der Waals surface area contributed by atoms with Crippen molar-refractivity contribution in [2.45, 2.75) is 6.42 Å². The highest BCUT2D eigenvalue weighted by Gasteiger charge is 2.10. The first-order valence-electron chi connectivity index (χ1n) is 9.04. The molecule has 6 nitrogen and oxygen atoms in total. The molecule has 0 fully saturated rings. The SMILES string of the molecule is O=Cc1c(OCC(=O)NCCc2nc3ccccc3[nH]2)ccc2ccccc12. The lowest BCUT2D eigenvalue weighted by atomic mass is 10.0. The van der Waals surface area contributed by atoms with Gasteiger partial charge in [-0.25, -0.2) is 4.98 Å². The van der Waals surface area contributed by atoms with Crippen molar-refractivity contribution in [3.63, 3.8) is 0 Å². The number of carbonyl (C=O) groups is 2. The van der Waals surface area contributed by atoms with E-state index in [4.69, 9.17) is 4.74 Å². The van der Waals surface area contributed by atoms with Crippen molar-refractivity contribution < 1.29 is 14.3 Å². The first kappa shape index (κ1) is 17.7. The van der Waals surface area contributed by atoms with Crippen molar-refractivity contribution in [2.24, 2.45) is 0 Å². The van der Waals surface area contributed by atoms with Gasteiger partial charge in [-0.2, -0.15) is 0 Å². The Bertz CT molecular complexity index is 1120. The van der Waals surface area contributed by atoms with E-state index in [0.717, 1.165) is 33.9 Å². The molecule has 1 heterocycles. The van der Waals surface area contributed by atoms with Gasteiger partial charge in [0.1, 0.15) is 11.6 Å². The van der Waals surface area contributed by atoms with Gasteiger partial charge in [0.05, 0.1) is 16.6 Å². The lowest BCUT2D eigenvalue weighted by Crippen LogP contribution is -2.30. The van der Waals surface area contributed by atoms with E-state index in [0.29, 0.717) is 24.3 Å². The molecule has 4 aromatic rings. The second-order valence-electron chi connectivity index (χ2n) is 6.41. The molecule has 0 unspecified atom stereocenters. The number of aromatic amines is 1. The number of imidazole rings is 1. The number of aromatic nitrogens is 2. The van der Waals surface area contributed by atoms with Crippen LogP contribution in [0.15, 0.2) is 60.7 Å². The maximum atomic E-state index is 12.1. The van der Waals surface area contributed by atoms with E-state index in [-0.39, 0.29) is 12.5 Å². The molecule has 6 heteroatoms. The fraction of sp³-hybridized carbons (Fsp3) is 0.136. The number of nitrogens with one attached hydrogen (secondary N) is 2. The molecule has 0 radical (unpaired) electrons. The molecule has 3 aromatic carbocycles. The summed E-state index contributed by atoms with van der Waals surface area (Å²) in [5, 5.41) is 4.57. The van der Waals surface area contributed by atoms with Crippen LogP contribution >= 0.6 is 0 Å². The fourth-order valence-electron chi connectivity index (χ4n) is 3.16. The fourth-order valence-corrected chi connectivity index (χ4v) is 3.16. The third-order valence-electron chi connectivity index (χ3n) is 4.53. The molecule has 0 aliphatic heterocycles. The number of fused-ring (bicyclic) bond motifs is 2. The summed E-state index contributed by atoms with van der Waals surface area (Å²) in [7, 11) is 0. The predicted octanol–water partition coefficient (Wildman–Crippen LogP) is 3.27. The van der Waals surface area contributed by atoms with Crippen LogP contribution in [0.3, 0.4) is 0 Å². The van der Waals surface area contributed by atoms with Gasteiger partial charge in [0.15, 0.2) is 12.9 Å². The van der Waals surface area contributed by atoms with Crippen LogP contribution in [-0.2, 0) is 11.2 Å². The van der Waals surface area contributed by atoms with Gasteiger partial charge >= 0.3 is 0 Å². The first-order chi connectivity index (χ1) is 13.7. The molecule has 0 bridgehead atoms. The minimum absolute atomic E-state index is 0.153. The summed E-state index contributed by atoms with van der Waals surface area (Å²) >= 11 is 0. The number of aldehydes is 1. The molecule has 0 saturated heterocycles. The maximum Gasteiger partial charge on any atom is 0.257 e. The van der Waals surface area contributed by atoms with Gasteiger partial charge in [0.25, 0.3) is 5.91 Å². The third-order valence-corrected chi connectivity index (χ3v) is 4.53. The van der Waals surface area contributed by atoms with Gasteiger partial charge in [-0.3, -0.25) is 9.59 Å². The normalized spacial score (nSPS) is 10.9. The first-order valence-corrected chi connectivity index (χ1v) is 9.04. The van der Waals surface area contributed by atoms with E-state index in [2.05, 4.69) is 15.3 Å². The number of para-hydroxylation sites is 2. The molecule has 4 rings (SSSR count). The van der Waals surface area contributed by atoms with Crippen LogP contribution in [0.1, 0.15) is 16.2 Å². The van der Waals surface area contributed by atoms with E-state index in [1.807, 2.05) is 54.6 Å². The Hall–Kier alpha value is -3.67. The summed E-state index contributed by atoms with van der Waals surface area (Å²) in [5.74, 6) is 0.974. The molecule has 0 spiro atoms. The number of hydrogen-bond donors (Lipinski definition) is 2. The van der Waals surface area contributed by atoms with Crippen LogP contribution in [-0.4, -0.2) is 35.3 Å². The average molecular weight is 373 g/mol. The van der Waals surface area contributed by atoms with Crippen LogP contribution in [0.5, 0.6) is 5.75 Å². The lowest BCUT2D eigenvalue weighted by Gasteiger charge is -2.11. The lowest BCUT2D eigenvalue weighted by molar-refractivity contribution is -0.123. The third kappa shape index (κ3) is 3.71. The summed E-state index contributed by atoms with van der Waals surface area (Å²) in [5.41, 5.74) is 2.34. The Morgan fingerprint density at radius 2 is 1.89 bits per heavy atom. The highest BCUT2D eigenvalue weighted by molar-refractivity contribution is 6.00. The van der Waals surface area contributed by atoms with Crippen molar-refractivity contribution in [1.29, 1.82) is 0 Å². The summed E-state index contributed by atoms with van der Waals surface area (Å²) in [6.07, 6.45) is 1.35. The van der Waals surface area contributed by atoms with Crippen LogP contribution in [0, 0.1) is 0 Å². The van der Waals surface area contributed by atoms with Gasteiger partial charge < -0.3 is 15.0 Å². The molecular weight excluding hydrogens is 354 g/mol. The number of nitrogens with zero attached hydrogens (tertiary/aromatic N) is 1. The number of benzene rings is 3. The largest absolute Gasteiger partial charge is 0.483 e. The Morgan fingerprint density at radius 3 is 2.75 bits per heavy atom. The molecule has 2 N–H and O–H groups in total. The van der Waals surface area contributed by atoms with Crippen molar-refractivity contribution in [3.05, 3.63) is 72.1 Å². The van der Waals surface area contributed by atoms with E-state index >= 15 is 0 Å². The number of amides is 1. The van der Waals surface area contributed by atoms with E-state index in [1.165, 1.54) is 0 Å². The van der Waals surface area contributed by atoms with Crippen LogP contribution in [0.2, 0.25) is 0 Å². The summed E-state index contributed by atoms with van der Waals surface area (Å²) in [4.78, 5) is 31.3. The smallest absolute Gasteiger partial charge is 0.257 e. The van der Waals surface area contributed by atoms with Gasteiger partial charge in [0.2, 0.25) is 0 Å². The molecule has 0 saturated carbocycles. The van der Waals surface area contributed by atoms with Crippen LogP contribution in [0.4, 0.5) is 0 Å². The summed E-state index contributed by atoms with van der Waals surface area (Å²) < 4.78 is 5.58. The van der Waals surface area contributed by atoms with E-state index in [9.17, 15) is 9.59 Å². The number of hydrogen-bond acceptors (Lipinski definition) is 4. The predicted molar refractivity (Wildman–Crippen MR) is 108 cm³/mol. The Balaban J connectivity index is 1.33. The molecule has 1 aromatic heterocycles. The maximum absolute atomic E-state index is 12.1.